The van der Waals surface area contributed by atoms with Crippen molar-refractivity contribution in [2.24, 2.45) is 0 Å². The summed E-state index contributed by atoms with van der Waals surface area (Å²) in [5.41, 5.74) is 12.5. The molecule has 7 rings (SSSR count). The standard InChI is InChI=1S/C37H38O2/c38-35-19-15-27(21-32(35)24-9-3-1-4-10-24)30-17-18-31-29-14-8-7-13-26(29)22-34(31)37(30)28-16-20-36(39)33(23-28)25-11-5-2-6-12-25/h7-8,13-21,23-25,38-39H,1-6,9-12,22H2. The monoisotopic (exact) mass is 514 g/mol. The molecule has 2 N–H and O–H groups in total. The van der Waals surface area contributed by atoms with Crippen LogP contribution in [0.2, 0.25) is 0 Å². The third kappa shape index (κ3) is 4.44. The highest BCUT2D eigenvalue weighted by Gasteiger charge is 2.27. The van der Waals surface area contributed by atoms with Crippen molar-refractivity contribution in [2.75, 3.05) is 0 Å². The largest absolute Gasteiger partial charge is 0.508 e. The number of phenols is 2. The topological polar surface area (TPSA) is 40.5 Å². The van der Waals surface area contributed by atoms with Crippen LogP contribution < -0.4 is 0 Å². The predicted octanol–water partition coefficient (Wildman–Crippen LogP) is 10.1. The molecule has 0 spiro atoms. The van der Waals surface area contributed by atoms with Crippen LogP contribution in [0, 0.1) is 0 Å². The van der Waals surface area contributed by atoms with E-state index in [4.69, 9.17) is 0 Å². The quantitative estimate of drug-likeness (QED) is 0.250. The van der Waals surface area contributed by atoms with E-state index >= 15 is 0 Å². The van der Waals surface area contributed by atoms with E-state index in [1.165, 1.54) is 83.0 Å². The summed E-state index contributed by atoms with van der Waals surface area (Å²) in [6, 6.07) is 26.0. The van der Waals surface area contributed by atoms with Crippen LogP contribution in [0.1, 0.15) is 98.3 Å². The molecule has 0 bridgehead atoms. The molecule has 0 aliphatic heterocycles. The van der Waals surface area contributed by atoms with Gasteiger partial charge in [-0.15, -0.1) is 0 Å². The summed E-state index contributed by atoms with van der Waals surface area (Å²) in [4.78, 5) is 0. The molecular weight excluding hydrogens is 476 g/mol. The minimum atomic E-state index is 0.433. The molecule has 39 heavy (non-hydrogen) atoms. The van der Waals surface area contributed by atoms with Gasteiger partial charge in [0.25, 0.3) is 0 Å². The molecule has 3 aliphatic carbocycles. The van der Waals surface area contributed by atoms with E-state index in [9.17, 15) is 10.2 Å². The second-order valence-electron chi connectivity index (χ2n) is 12.1. The Morgan fingerprint density at radius 2 is 1.08 bits per heavy atom. The van der Waals surface area contributed by atoms with Crippen molar-refractivity contribution in [1.29, 1.82) is 0 Å². The van der Waals surface area contributed by atoms with E-state index in [1.54, 1.807) is 0 Å². The zero-order valence-corrected chi connectivity index (χ0v) is 22.8. The molecule has 3 aliphatic rings. The van der Waals surface area contributed by atoms with Crippen LogP contribution in [-0.4, -0.2) is 10.2 Å². The van der Waals surface area contributed by atoms with Gasteiger partial charge in [0.05, 0.1) is 0 Å². The SMILES string of the molecule is Oc1ccc(-c2ccc3c(c2-c2ccc(O)c(C4CCCCC4)c2)Cc2ccccc2-3)cc1C1CCCCC1. The molecule has 0 aromatic heterocycles. The second-order valence-corrected chi connectivity index (χ2v) is 12.1. The van der Waals surface area contributed by atoms with Crippen LogP contribution >= 0.6 is 0 Å². The smallest absolute Gasteiger partial charge is 0.119 e. The molecule has 2 nitrogen and oxygen atoms in total. The molecule has 2 fully saturated rings. The molecule has 0 radical (unpaired) electrons. The van der Waals surface area contributed by atoms with Gasteiger partial charge < -0.3 is 10.2 Å². The van der Waals surface area contributed by atoms with Gasteiger partial charge in [0.15, 0.2) is 0 Å². The van der Waals surface area contributed by atoms with E-state index in [1.807, 2.05) is 12.1 Å². The van der Waals surface area contributed by atoms with E-state index < -0.39 is 0 Å². The molecule has 2 saturated carbocycles. The average Bonchev–Trinajstić information content (AvgIpc) is 3.37. The Hall–Kier alpha value is -3.52. The normalized spacial score (nSPS) is 17.6. The Labute approximate surface area is 232 Å². The molecule has 0 heterocycles. The summed E-state index contributed by atoms with van der Waals surface area (Å²) >= 11 is 0. The van der Waals surface area contributed by atoms with Crippen molar-refractivity contribution < 1.29 is 10.2 Å². The number of fused-ring (bicyclic) bond motifs is 3. The Balaban J connectivity index is 1.41. The minimum Gasteiger partial charge on any atom is -0.508 e. The van der Waals surface area contributed by atoms with Crippen LogP contribution in [0.5, 0.6) is 11.5 Å². The van der Waals surface area contributed by atoms with Crippen LogP contribution in [0.15, 0.2) is 72.8 Å². The fourth-order valence-electron chi connectivity index (χ4n) is 7.69. The van der Waals surface area contributed by atoms with Gasteiger partial charge in [-0.25, -0.2) is 0 Å². The first-order valence-electron chi connectivity index (χ1n) is 15.1. The van der Waals surface area contributed by atoms with Crippen LogP contribution in [0.25, 0.3) is 33.4 Å². The molecule has 0 saturated heterocycles. The van der Waals surface area contributed by atoms with E-state index in [0.29, 0.717) is 23.3 Å². The van der Waals surface area contributed by atoms with E-state index in [-0.39, 0.29) is 0 Å². The summed E-state index contributed by atoms with van der Waals surface area (Å²) in [7, 11) is 0. The van der Waals surface area contributed by atoms with Gasteiger partial charge in [0, 0.05) is 0 Å². The van der Waals surface area contributed by atoms with Gasteiger partial charge in [-0.05, 0) is 124 Å². The number of benzene rings is 4. The molecular formula is C37H38O2. The summed E-state index contributed by atoms with van der Waals surface area (Å²) in [6.07, 6.45) is 13.1. The first kappa shape index (κ1) is 24.5. The Bertz CT molecular complexity index is 1520. The first-order chi connectivity index (χ1) is 19.2. The molecule has 0 amide bonds. The molecule has 0 atom stereocenters. The zero-order valence-electron chi connectivity index (χ0n) is 22.8. The lowest BCUT2D eigenvalue weighted by Gasteiger charge is -2.25. The van der Waals surface area contributed by atoms with Crippen molar-refractivity contribution in [3.63, 3.8) is 0 Å². The van der Waals surface area contributed by atoms with Crippen LogP contribution in [0.3, 0.4) is 0 Å². The Morgan fingerprint density at radius 1 is 0.513 bits per heavy atom. The highest BCUT2D eigenvalue weighted by molar-refractivity contribution is 5.94. The van der Waals surface area contributed by atoms with Crippen LogP contribution in [-0.2, 0) is 6.42 Å². The summed E-state index contributed by atoms with van der Waals surface area (Å²) < 4.78 is 0. The van der Waals surface area contributed by atoms with Gasteiger partial charge in [-0.3, -0.25) is 0 Å². The lowest BCUT2D eigenvalue weighted by molar-refractivity contribution is 0.414. The number of aromatic hydroxyl groups is 2. The maximum atomic E-state index is 10.9. The molecule has 4 aromatic carbocycles. The summed E-state index contributed by atoms with van der Waals surface area (Å²) in [6.45, 7) is 0. The van der Waals surface area contributed by atoms with Crippen molar-refractivity contribution in [2.45, 2.75) is 82.5 Å². The predicted molar refractivity (Wildman–Crippen MR) is 161 cm³/mol. The minimum absolute atomic E-state index is 0.433. The third-order valence-electron chi connectivity index (χ3n) is 9.73. The highest BCUT2D eigenvalue weighted by Crippen LogP contribution is 2.49. The maximum absolute atomic E-state index is 10.9. The van der Waals surface area contributed by atoms with Crippen molar-refractivity contribution >= 4 is 0 Å². The zero-order chi connectivity index (χ0) is 26.3. The first-order valence-corrected chi connectivity index (χ1v) is 15.1. The fraction of sp³-hybridized carbons (Fsp3) is 0.351. The number of phenolic OH excluding ortho intramolecular Hbond substituents is 2. The number of rotatable bonds is 4. The van der Waals surface area contributed by atoms with Crippen LogP contribution in [0.4, 0.5) is 0 Å². The van der Waals surface area contributed by atoms with Gasteiger partial charge in [0.2, 0.25) is 0 Å². The summed E-state index contributed by atoms with van der Waals surface area (Å²) in [5, 5.41) is 21.8. The van der Waals surface area contributed by atoms with Gasteiger partial charge in [0.1, 0.15) is 11.5 Å². The van der Waals surface area contributed by atoms with Crippen molar-refractivity contribution in [3.05, 3.63) is 95.1 Å². The molecule has 4 aromatic rings. The maximum Gasteiger partial charge on any atom is 0.119 e. The molecule has 2 heteroatoms. The highest BCUT2D eigenvalue weighted by atomic mass is 16.3. The Morgan fingerprint density at radius 3 is 1.74 bits per heavy atom. The number of hydrogen-bond acceptors (Lipinski definition) is 2. The molecule has 0 unspecified atom stereocenters. The van der Waals surface area contributed by atoms with Gasteiger partial charge in [-0.1, -0.05) is 87.1 Å². The van der Waals surface area contributed by atoms with Gasteiger partial charge >= 0.3 is 0 Å². The lowest BCUT2D eigenvalue weighted by Crippen LogP contribution is -2.05. The van der Waals surface area contributed by atoms with Crippen molar-refractivity contribution in [1.82, 2.24) is 0 Å². The second kappa shape index (κ2) is 10.2. The Kier molecular flexibility index (Phi) is 6.43. The summed E-state index contributed by atoms with van der Waals surface area (Å²) in [5.74, 6) is 1.74. The average molecular weight is 515 g/mol. The van der Waals surface area contributed by atoms with Gasteiger partial charge in [-0.2, -0.15) is 0 Å². The molecule has 198 valence electrons. The fourth-order valence-corrected chi connectivity index (χ4v) is 7.69. The lowest BCUT2D eigenvalue weighted by atomic mass is 9.80. The van der Waals surface area contributed by atoms with E-state index in [2.05, 4.69) is 60.7 Å². The number of hydrogen-bond donors (Lipinski definition) is 2. The van der Waals surface area contributed by atoms with E-state index in [0.717, 1.165) is 43.2 Å². The third-order valence-corrected chi connectivity index (χ3v) is 9.73. The van der Waals surface area contributed by atoms with Crippen molar-refractivity contribution in [3.8, 4) is 44.9 Å².